The maximum atomic E-state index is 12.1. The van der Waals surface area contributed by atoms with Crippen molar-refractivity contribution in [1.29, 1.82) is 0 Å². The maximum absolute atomic E-state index is 12.1. The van der Waals surface area contributed by atoms with Crippen LogP contribution in [0.25, 0.3) is 0 Å². The minimum absolute atomic E-state index is 0.313. The first-order chi connectivity index (χ1) is 10.6. The van der Waals surface area contributed by atoms with E-state index in [2.05, 4.69) is 17.9 Å². The van der Waals surface area contributed by atoms with Gasteiger partial charge in [0.05, 0.1) is 0 Å². The van der Waals surface area contributed by atoms with E-state index in [1.54, 1.807) is 30.3 Å². The summed E-state index contributed by atoms with van der Waals surface area (Å²) in [5.74, 6) is 0. The number of aryl methyl sites for hydroxylation is 1. The van der Waals surface area contributed by atoms with Gasteiger partial charge in [-0.2, -0.15) is 0 Å². The van der Waals surface area contributed by atoms with Crippen LogP contribution in [0.2, 0.25) is 5.32 Å². The molecule has 2 rings (SSSR count). The van der Waals surface area contributed by atoms with E-state index in [1.807, 2.05) is 25.1 Å². The van der Waals surface area contributed by atoms with Crippen molar-refractivity contribution < 1.29 is 8.42 Å². The second-order valence-corrected chi connectivity index (χ2v) is 9.05. The SMILES string of the molecule is Cc1ccc(S(=O)(=O)C=C=CCC[Se]c2ccccc2)cc1. The topological polar surface area (TPSA) is 34.1 Å². The third-order valence-corrected chi connectivity index (χ3v) is 6.53. The average Bonchev–Trinajstić information content (AvgIpc) is 2.52. The van der Waals surface area contributed by atoms with Crippen LogP contribution in [0.4, 0.5) is 0 Å². The molecule has 2 aromatic rings. The molecule has 2 nitrogen and oxygen atoms in total. The van der Waals surface area contributed by atoms with Crippen molar-refractivity contribution in [3.05, 3.63) is 77.4 Å². The molecule has 0 aliphatic heterocycles. The van der Waals surface area contributed by atoms with Crippen LogP contribution in [0, 0.1) is 6.92 Å². The Bertz CT molecular complexity index is 756. The van der Waals surface area contributed by atoms with Crippen LogP contribution < -0.4 is 4.46 Å². The molecular formula is C18H18O2SSe. The molecule has 0 aliphatic carbocycles. The van der Waals surface area contributed by atoms with Crippen molar-refractivity contribution in [2.24, 2.45) is 0 Å². The van der Waals surface area contributed by atoms with Crippen LogP contribution >= 0.6 is 0 Å². The number of benzene rings is 2. The van der Waals surface area contributed by atoms with Gasteiger partial charge in [-0.05, 0) is 0 Å². The first-order valence-corrected chi connectivity index (χ1v) is 10.6. The zero-order valence-electron chi connectivity index (χ0n) is 12.4. The molecule has 2 aromatic carbocycles. The van der Waals surface area contributed by atoms with Gasteiger partial charge in [0.25, 0.3) is 0 Å². The Hall–Kier alpha value is -1.57. The Labute approximate surface area is 138 Å². The van der Waals surface area contributed by atoms with Crippen LogP contribution in [0.3, 0.4) is 0 Å². The minimum atomic E-state index is -3.38. The molecule has 22 heavy (non-hydrogen) atoms. The monoisotopic (exact) mass is 378 g/mol. The molecule has 0 atom stereocenters. The molecule has 0 unspecified atom stereocenters. The summed E-state index contributed by atoms with van der Waals surface area (Å²) in [5.41, 5.74) is 3.84. The van der Waals surface area contributed by atoms with Crippen molar-refractivity contribution in [2.75, 3.05) is 0 Å². The molecule has 114 valence electrons. The molecule has 0 radical (unpaired) electrons. The van der Waals surface area contributed by atoms with Crippen LogP contribution in [0.1, 0.15) is 12.0 Å². The van der Waals surface area contributed by atoms with Crippen molar-refractivity contribution >= 4 is 29.3 Å². The van der Waals surface area contributed by atoms with E-state index in [1.165, 1.54) is 4.46 Å². The predicted octanol–water partition coefficient (Wildman–Crippen LogP) is 3.28. The Morgan fingerprint density at radius 3 is 2.41 bits per heavy atom. The number of rotatable bonds is 6. The van der Waals surface area contributed by atoms with Crippen LogP contribution in [0.15, 0.2) is 76.7 Å². The Morgan fingerprint density at radius 2 is 1.73 bits per heavy atom. The molecule has 0 aliphatic rings. The predicted molar refractivity (Wildman–Crippen MR) is 92.3 cm³/mol. The summed E-state index contributed by atoms with van der Waals surface area (Å²) in [4.78, 5) is 0.313. The normalized spacial score (nSPS) is 10.8. The Balaban J connectivity index is 1.89. The third-order valence-electron chi connectivity index (χ3n) is 2.96. The summed E-state index contributed by atoms with van der Waals surface area (Å²) in [6.07, 6.45) is 2.64. The van der Waals surface area contributed by atoms with Gasteiger partial charge < -0.3 is 0 Å². The van der Waals surface area contributed by atoms with Gasteiger partial charge in [-0.15, -0.1) is 0 Å². The van der Waals surface area contributed by atoms with Crippen LogP contribution in [-0.2, 0) is 9.84 Å². The summed E-state index contributed by atoms with van der Waals surface area (Å²) >= 11 is 0.426. The van der Waals surface area contributed by atoms with Gasteiger partial charge in [-0.25, -0.2) is 0 Å². The fourth-order valence-electron chi connectivity index (χ4n) is 1.77. The molecule has 0 saturated heterocycles. The zero-order chi connectivity index (χ0) is 15.8. The van der Waals surface area contributed by atoms with E-state index in [9.17, 15) is 8.42 Å². The van der Waals surface area contributed by atoms with Crippen LogP contribution in [-0.4, -0.2) is 23.4 Å². The standard InChI is InChI=1S/C18H18O2SSe/c1-16-10-12-17(13-11-16)21(19,20)14-6-3-7-15-22-18-8-4-2-5-9-18/h2-5,8-14H,7,15H2,1H3. The van der Waals surface area contributed by atoms with Crippen molar-refractivity contribution in [3.63, 3.8) is 0 Å². The number of hydrogen-bond acceptors (Lipinski definition) is 2. The average molecular weight is 377 g/mol. The summed E-state index contributed by atoms with van der Waals surface area (Å²) < 4.78 is 25.5. The summed E-state index contributed by atoms with van der Waals surface area (Å²) in [6, 6.07) is 17.2. The first-order valence-electron chi connectivity index (χ1n) is 6.98. The van der Waals surface area contributed by atoms with E-state index >= 15 is 0 Å². The van der Waals surface area contributed by atoms with Crippen LogP contribution in [0.5, 0.6) is 0 Å². The summed E-state index contributed by atoms with van der Waals surface area (Å²) in [7, 11) is -3.38. The van der Waals surface area contributed by atoms with E-state index in [0.717, 1.165) is 22.7 Å². The van der Waals surface area contributed by atoms with Gasteiger partial charge in [0.15, 0.2) is 0 Å². The second kappa shape index (κ2) is 8.16. The van der Waals surface area contributed by atoms with Gasteiger partial charge >= 0.3 is 139 Å². The van der Waals surface area contributed by atoms with Crippen molar-refractivity contribution in [1.82, 2.24) is 0 Å². The van der Waals surface area contributed by atoms with E-state index in [4.69, 9.17) is 0 Å². The number of hydrogen-bond donors (Lipinski definition) is 0. The first kappa shape index (κ1) is 16.8. The number of allylic oxidation sites excluding steroid dienone is 1. The van der Waals surface area contributed by atoms with Crippen molar-refractivity contribution in [3.8, 4) is 0 Å². The molecular weight excluding hydrogens is 359 g/mol. The molecule has 0 heterocycles. The molecule has 0 bridgehead atoms. The van der Waals surface area contributed by atoms with Gasteiger partial charge in [-0.3, -0.25) is 0 Å². The Morgan fingerprint density at radius 1 is 1.05 bits per heavy atom. The van der Waals surface area contributed by atoms with Gasteiger partial charge in [-0.1, -0.05) is 0 Å². The molecule has 0 amide bonds. The van der Waals surface area contributed by atoms with Crippen molar-refractivity contribution in [2.45, 2.75) is 23.6 Å². The van der Waals surface area contributed by atoms with Gasteiger partial charge in [0.1, 0.15) is 0 Å². The fourth-order valence-corrected chi connectivity index (χ4v) is 4.42. The molecule has 0 aromatic heterocycles. The molecule has 0 N–H and O–H groups in total. The third kappa shape index (κ3) is 5.32. The molecule has 0 saturated carbocycles. The molecule has 4 heteroatoms. The van der Waals surface area contributed by atoms with E-state index in [0.29, 0.717) is 19.9 Å². The van der Waals surface area contributed by atoms with Gasteiger partial charge in [0.2, 0.25) is 0 Å². The Kier molecular flexibility index (Phi) is 6.23. The second-order valence-electron chi connectivity index (χ2n) is 4.80. The van der Waals surface area contributed by atoms with E-state index < -0.39 is 9.84 Å². The van der Waals surface area contributed by atoms with E-state index in [-0.39, 0.29) is 0 Å². The zero-order valence-corrected chi connectivity index (χ0v) is 14.9. The number of sulfone groups is 1. The van der Waals surface area contributed by atoms with Gasteiger partial charge in [0, 0.05) is 0 Å². The fraction of sp³-hybridized carbons (Fsp3) is 0.167. The summed E-state index contributed by atoms with van der Waals surface area (Å²) in [5, 5.41) is 2.20. The summed E-state index contributed by atoms with van der Waals surface area (Å²) in [6.45, 7) is 1.93. The quantitative estimate of drug-likeness (QED) is 0.440. The molecule has 0 spiro atoms. The molecule has 0 fully saturated rings.